The normalized spacial score (nSPS) is 11.6. The van der Waals surface area contributed by atoms with Gasteiger partial charge in [0.05, 0.1) is 0 Å². The third kappa shape index (κ3) is 5.75. The number of imide groups is 1. The summed E-state index contributed by atoms with van der Waals surface area (Å²) in [4.78, 5) is 35.8. The minimum atomic E-state index is -1.25. The van der Waals surface area contributed by atoms with Crippen LogP contribution in [0.1, 0.15) is 17.2 Å². The van der Waals surface area contributed by atoms with Crippen LogP contribution < -0.4 is 10.6 Å². The Bertz CT molecular complexity index is 804. The van der Waals surface area contributed by atoms with E-state index in [0.717, 1.165) is 5.56 Å². The Morgan fingerprint density at radius 3 is 2.31 bits per heavy atom. The molecule has 26 heavy (non-hydrogen) atoms. The van der Waals surface area contributed by atoms with Gasteiger partial charge in [-0.05, 0) is 23.8 Å². The zero-order valence-electron chi connectivity index (χ0n) is 13.9. The molecular weight excluding hydrogens is 356 g/mol. The number of esters is 1. The van der Waals surface area contributed by atoms with E-state index in [0.29, 0.717) is 10.6 Å². The highest BCUT2D eigenvalue weighted by Crippen LogP contribution is 2.18. The van der Waals surface area contributed by atoms with Gasteiger partial charge in [-0.2, -0.15) is 0 Å². The molecule has 134 valence electrons. The largest absolute Gasteiger partial charge is 0.444 e. The minimum Gasteiger partial charge on any atom is -0.444 e. The van der Waals surface area contributed by atoms with Crippen LogP contribution in [0.2, 0.25) is 5.02 Å². The summed E-state index contributed by atoms with van der Waals surface area (Å²) in [5, 5.41) is 4.96. The number of urea groups is 1. The van der Waals surface area contributed by atoms with Gasteiger partial charge in [0.1, 0.15) is 0 Å². The van der Waals surface area contributed by atoms with Gasteiger partial charge in [-0.15, -0.1) is 0 Å². The number of nitrogens with one attached hydrogen (secondary N) is 2. The molecule has 2 rings (SSSR count). The van der Waals surface area contributed by atoms with Crippen LogP contribution in [0.3, 0.4) is 0 Å². The molecule has 0 spiro atoms. The van der Waals surface area contributed by atoms with Gasteiger partial charge in [-0.25, -0.2) is 9.59 Å². The third-order valence-electron chi connectivity index (χ3n) is 3.32. The molecule has 0 aliphatic rings. The SMILES string of the molecule is CNC(=O)NC(=O)[C@@H](OC(=O)/C=C/c1ccc(Cl)cc1)c1ccccc1. The maximum atomic E-state index is 12.3. The average molecular weight is 373 g/mol. The van der Waals surface area contributed by atoms with E-state index in [1.165, 1.54) is 19.2 Å². The van der Waals surface area contributed by atoms with Gasteiger partial charge >= 0.3 is 12.0 Å². The first kappa shape index (κ1) is 19.2. The molecule has 2 aromatic rings. The summed E-state index contributed by atoms with van der Waals surface area (Å²) >= 11 is 5.81. The molecule has 0 saturated carbocycles. The van der Waals surface area contributed by atoms with E-state index in [-0.39, 0.29) is 0 Å². The quantitative estimate of drug-likeness (QED) is 0.624. The van der Waals surface area contributed by atoms with Gasteiger partial charge in [0, 0.05) is 23.7 Å². The summed E-state index contributed by atoms with van der Waals surface area (Å²) in [6.07, 6.45) is 1.49. The highest BCUT2D eigenvalue weighted by Gasteiger charge is 2.25. The van der Waals surface area contributed by atoms with E-state index in [9.17, 15) is 14.4 Å². The molecule has 0 saturated heterocycles. The molecule has 0 unspecified atom stereocenters. The number of hydrogen-bond acceptors (Lipinski definition) is 4. The zero-order valence-corrected chi connectivity index (χ0v) is 14.7. The van der Waals surface area contributed by atoms with Gasteiger partial charge in [0.2, 0.25) is 6.10 Å². The van der Waals surface area contributed by atoms with Gasteiger partial charge < -0.3 is 10.1 Å². The molecule has 7 heteroatoms. The second kappa shape index (κ2) is 9.39. The number of rotatable bonds is 5. The smallest absolute Gasteiger partial charge is 0.331 e. The fourth-order valence-electron chi connectivity index (χ4n) is 2.03. The molecular formula is C19H17ClN2O4. The Hall–Kier alpha value is -3.12. The highest BCUT2D eigenvalue weighted by molar-refractivity contribution is 6.30. The predicted molar refractivity (Wildman–Crippen MR) is 98.4 cm³/mol. The van der Waals surface area contributed by atoms with Crippen LogP contribution in [-0.4, -0.2) is 25.0 Å². The minimum absolute atomic E-state index is 0.446. The van der Waals surface area contributed by atoms with E-state index < -0.39 is 24.0 Å². The number of halogens is 1. The maximum absolute atomic E-state index is 12.3. The van der Waals surface area contributed by atoms with E-state index in [1.54, 1.807) is 54.6 Å². The lowest BCUT2D eigenvalue weighted by atomic mass is 10.1. The van der Waals surface area contributed by atoms with Crippen molar-refractivity contribution in [3.63, 3.8) is 0 Å². The van der Waals surface area contributed by atoms with E-state index in [2.05, 4.69) is 10.6 Å². The molecule has 0 heterocycles. The van der Waals surface area contributed by atoms with Gasteiger partial charge in [-0.1, -0.05) is 54.1 Å². The maximum Gasteiger partial charge on any atom is 0.331 e. The van der Waals surface area contributed by atoms with E-state index in [1.807, 2.05) is 0 Å². The topological polar surface area (TPSA) is 84.5 Å². The van der Waals surface area contributed by atoms with Crippen molar-refractivity contribution in [2.24, 2.45) is 0 Å². The van der Waals surface area contributed by atoms with Crippen LogP contribution in [0.5, 0.6) is 0 Å². The van der Waals surface area contributed by atoms with Crippen LogP contribution >= 0.6 is 11.6 Å². The molecule has 3 amide bonds. The highest BCUT2D eigenvalue weighted by atomic mass is 35.5. The van der Waals surface area contributed by atoms with Crippen molar-refractivity contribution in [1.82, 2.24) is 10.6 Å². The van der Waals surface area contributed by atoms with Crippen LogP contribution in [0, 0.1) is 0 Å². The average Bonchev–Trinajstić information content (AvgIpc) is 2.66. The summed E-state index contributed by atoms with van der Waals surface area (Å²) < 4.78 is 5.25. The molecule has 0 aliphatic heterocycles. The summed E-state index contributed by atoms with van der Waals surface area (Å²) in [7, 11) is 1.38. The summed E-state index contributed by atoms with van der Waals surface area (Å²) in [6, 6.07) is 14.6. The van der Waals surface area contributed by atoms with Crippen molar-refractivity contribution in [2.75, 3.05) is 7.05 Å². The molecule has 0 bridgehead atoms. The molecule has 0 aromatic heterocycles. The Morgan fingerprint density at radius 1 is 1.04 bits per heavy atom. The van der Waals surface area contributed by atoms with Gasteiger partial charge in [0.15, 0.2) is 0 Å². The second-order valence-corrected chi connectivity index (χ2v) is 5.62. The lowest BCUT2D eigenvalue weighted by Crippen LogP contribution is -2.41. The van der Waals surface area contributed by atoms with Gasteiger partial charge in [-0.3, -0.25) is 10.1 Å². The van der Waals surface area contributed by atoms with E-state index >= 15 is 0 Å². The van der Waals surface area contributed by atoms with Crippen LogP contribution in [-0.2, 0) is 14.3 Å². The first-order valence-electron chi connectivity index (χ1n) is 7.71. The molecule has 2 N–H and O–H groups in total. The molecule has 0 radical (unpaired) electrons. The Balaban J connectivity index is 2.12. The molecule has 1 atom stereocenters. The fraction of sp³-hybridized carbons (Fsp3) is 0.105. The van der Waals surface area contributed by atoms with Crippen LogP contribution in [0.25, 0.3) is 6.08 Å². The van der Waals surface area contributed by atoms with Gasteiger partial charge in [0.25, 0.3) is 5.91 Å². The molecule has 6 nitrogen and oxygen atoms in total. The monoisotopic (exact) mass is 372 g/mol. The van der Waals surface area contributed by atoms with Crippen molar-refractivity contribution in [3.05, 3.63) is 76.8 Å². The standard InChI is InChI=1S/C19H17ClN2O4/c1-21-19(25)22-18(24)17(14-5-3-2-4-6-14)26-16(23)12-9-13-7-10-15(20)11-8-13/h2-12,17H,1H3,(H2,21,22,24,25)/b12-9+/t17-/m0/s1. The first-order valence-corrected chi connectivity index (χ1v) is 8.09. The Labute approximate surface area is 155 Å². The lowest BCUT2D eigenvalue weighted by molar-refractivity contribution is -0.151. The lowest BCUT2D eigenvalue weighted by Gasteiger charge is -2.16. The van der Waals surface area contributed by atoms with Crippen molar-refractivity contribution >= 4 is 35.6 Å². The fourth-order valence-corrected chi connectivity index (χ4v) is 2.16. The van der Waals surface area contributed by atoms with Crippen molar-refractivity contribution < 1.29 is 19.1 Å². The predicted octanol–water partition coefficient (Wildman–Crippen LogP) is 3.09. The number of benzene rings is 2. The van der Waals surface area contributed by atoms with Crippen molar-refractivity contribution in [3.8, 4) is 0 Å². The summed E-state index contributed by atoms with van der Waals surface area (Å²) in [5.41, 5.74) is 1.19. The summed E-state index contributed by atoms with van der Waals surface area (Å²) in [5.74, 6) is -1.47. The second-order valence-electron chi connectivity index (χ2n) is 5.18. The molecule has 2 aromatic carbocycles. The van der Waals surface area contributed by atoms with E-state index in [4.69, 9.17) is 16.3 Å². The summed E-state index contributed by atoms with van der Waals surface area (Å²) in [6.45, 7) is 0. The zero-order chi connectivity index (χ0) is 18.9. The molecule has 0 fully saturated rings. The van der Waals surface area contributed by atoms with Crippen LogP contribution in [0.4, 0.5) is 4.79 Å². The Morgan fingerprint density at radius 2 is 1.69 bits per heavy atom. The van der Waals surface area contributed by atoms with Crippen molar-refractivity contribution in [1.29, 1.82) is 0 Å². The Kier molecular flexibility index (Phi) is 6.93. The first-order chi connectivity index (χ1) is 12.5. The number of hydrogen-bond donors (Lipinski definition) is 2. The van der Waals surface area contributed by atoms with Crippen molar-refractivity contribution in [2.45, 2.75) is 6.10 Å². The number of ether oxygens (including phenoxy) is 1. The number of amides is 3. The molecule has 0 aliphatic carbocycles. The van der Waals surface area contributed by atoms with Crippen LogP contribution in [0.15, 0.2) is 60.7 Å². The number of carbonyl (C=O) groups is 3. The third-order valence-corrected chi connectivity index (χ3v) is 3.57. The number of carbonyl (C=O) groups excluding carboxylic acids is 3.